The molecule has 4 aromatic rings. The summed E-state index contributed by atoms with van der Waals surface area (Å²) in [6.07, 6.45) is 4.92. The lowest BCUT2D eigenvalue weighted by Crippen LogP contribution is -2.16. The lowest BCUT2D eigenvalue weighted by molar-refractivity contribution is -0.384. The third-order valence-corrected chi connectivity index (χ3v) is 4.25. The van der Waals surface area contributed by atoms with E-state index in [9.17, 15) is 20.0 Å². The van der Waals surface area contributed by atoms with Gasteiger partial charge in [-0.2, -0.15) is 9.61 Å². The topological polar surface area (TPSA) is 126 Å². The van der Waals surface area contributed by atoms with Gasteiger partial charge in [-0.25, -0.2) is 0 Å². The van der Waals surface area contributed by atoms with Crippen LogP contribution in [0.2, 0.25) is 0 Å². The second-order valence-corrected chi connectivity index (χ2v) is 5.92. The summed E-state index contributed by atoms with van der Waals surface area (Å²) in [5.74, 6) is -0.276. The second kappa shape index (κ2) is 6.37. The Morgan fingerprint density at radius 3 is 2.63 bits per heavy atom. The van der Waals surface area contributed by atoms with Crippen LogP contribution in [0.4, 0.5) is 5.69 Å². The van der Waals surface area contributed by atoms with Crippen molar-refractivity contribution in [3.05, 3.63) is 86.6 Å². The van der Waals surface area contributed by atoms with Gasteiger partial charge in [0.2, 0.25) is 5.88 Å². The molecule has 0 unspecified atom stereocenters. The van der Waals surface area contributed by atoms with Crippen molar-refractivity contribution in [3.8, 4) is 17.0 Å². The molecule has 0 aliphatic carbocycles. The fourth-order valence-corrected chi connectivity index (χ4v) is 2.87. The molecule has 3 aromatic heterocycles. The second-order valence-electron chi connectivity index (χ2n) is 5.92. The lowest BCUT2D eigenvalue weighted by atomic mass is 10.1. The predicted molar refractivity (Wildman–Crippen MR) is 96.6 cm³/mol. The molecule has 0 saturated heterocycles. The number of pyridine rings is 1. The zero-order chi connectivity index (χ0) is 19.0. The van der Waals surface area contributed by atoms with Gasteiger partial charge in [-0.15, -0.1) is 0 Å². The number of nitro groups is 1. The van der Waals surface area contributed by atoms with Crippen LogP contribution < -0.4 is 5.56 Å². The van der Waals surface area contributed by atoms with Gasteiger partial charge >= 0.3 is 0 Å². The van der Waals surface area contributed by atoms with Gasteiger partial charge in [0.1, 0.15) is 5.65 Å². The van der Waals surface area contributed by atoms with Gasteiger partial charge in [0.25, 0.3) is 11.2 Å². The van der Waals surface area contributed by atoms with E-state index in [2.05, 4.69) is 15.1 Å². The quantitative estimate of drug-likeness (QED) is 0.423. The first-order chi connectivity index (χ1) is 13.0. The van der Waals surface area contributed by atoms with Crippen molar-refractivity contribution in [2.75, 3.05) is 0 Å². The zero-order valence-electron chi connectivity index (χ0n) is 13.9. The number of benzene rings is 1. The predicted octanol–water partition coefficient (Wildman–Crippen LogP) is 2.29. The van der Waals surface area contributed by atoms with Crippen LogP contribution in [0.3, 0.4) is 0 Å². The van der Waals surface area contributed by atoms with Crippen molar-refractivity contribution in [2.24, 2.45) is 0 Å². The number of aromatic amines is 1. The monoisotopic (exact) mass is 363 g/mol. The van der Waals surface area contributed by atoms with Crippen LogP contribution in [0.1, 0.15) is 11.1 Å². The minimum Gasteiger partial charge on any atom is -0.493 e. The Morgan fingerprint density at radius 1 is 1.19 bits per heavy atom. The highest BCUT2D eigenvalue weighted by atomic mass is 16.6. The van der Waals surface area contributed by atoms with Gasteiger partial charge in [-0.1, -0.05) is 18.2 Å². The van der Waals surface area contributed by atoms with E-state index >= 15 is 0 Å². The number of rotatable bonds is 4. The summed E-state index contributed by atoms with van der Waals surface area (Å²) in [7, 11) is 0. The molecule has 27 heavy (non-hydrogen) atoms. The Hall–Kier alpha value is -4.01. The summed E-state index contributed by atoms with van der Waals surface area (Å²) in [6.45, 7) is 0. The molecule has 9 heteroatoms. The summed E-state index contributed by atoms with van der Waals surface area (Å²) in [5, 5.41) is 25.4. The number of aromatic nitrogens is 4. The fraction of sp³-hybridized carbons (Fsp3) is 0.0556. The van der Waals surface area contributed by atoms with Crippen LogP contribution in [0.15, 0.2) is 59.8 Å². The van der Waals surface area contributed by atoms with E-state index < -0.39 is 10.5 Å². The Morgan fingerprint density at radius 2 is 1.96 bits per heavy atom. The molecule has 0 aliphatic rings. The summed E-state index contributed by atoms with van der Waals surface area (Å²) in [4.78, 5) is 29.6. The number of aromatic hydroxyl groups is 1. The highest BCUT2D eigenvalue weighted by Gasteiger charge is 2.17. The number of fused-ring (bicyclic) bond motifs is 1. The molecule has 9 nitrogen and oxygen atoms in total. The van der Waals surface area contributed by atoms with Crippen molar-refractivity contribution in [3.63, 3.8) is 0 Å². The SMILES string of the molecule is O=c1[nH]c2c(-c3cccnc3)cnn2c(O)c1Cc1ccc([N+](=O)[O-])cc1. The summed E-state index contributed by atoms with van der Waals surface area (Å²) >= 11 is 0. The molecule has 0 fully saturated rings. The Bertz CT molecular complexity index is 1200. The molecular formula is C18H13N5O4. The van der Waals surface area contributed by atoms with E-state index in [1.807, 2.05) is 6.07 Å². The summed E-state index contributed by atoms with van der Waals surface area (Å²) < 4.78 is 1.25. The van der Waals surface area contributed by atoms with Crippen LogP contribution in [0.25, 0.3) is 16.8 Å². The van der Waals surface area contributed by atoms with E-state index in [1.165, 1.54) is 22.8 Å². The van der Waals surface area contributed by atoms with Crippen LogP contribution in [0, 0.1) is 10.1 Å². The Balaban J connectivity index is 1.77. The standard InChI is InChI=1S/C18H13N5O4/c24-17-14(8-11-3-5-13(6-4-11)23(26)27)18(25)22-16(21-17)15(10-20-22)12-2-1-7-19-9-12/h1-7,9-10,25H,8H2,(H,21,24). The van der Waals surface area contributed by atoms with Crippen LogP contribution in [-0.2, 0) is 6.42 Å². The smallest absolute Gasteiger partial charge is 0.269 e. The maximum atomic E-state index is 12.5. The van der Waals surface area contributed by atoms with Crippen molar-refractivity contribution in [1.29, 1.82) is 0 Å². The average molecular weight is 363 g/mol. The molecule has 0 aliphatic heterocycles. The normalized spacial score (nSPS) is 11.0. The number of H-pyrrole nitrogens is 1. The largest absolute Gasteiger partial charge is 0.493 e. The van der Waals surface area contributed by atoms with Gasteiger partial charge < -0.3 is 10.1 Å². The zero-order valence-corrected chi connectivity index (χ0v) is 13.9. The molecule has 4 rings (SSSR count). The van der Waals surface area contributed by atoms with Crippen molar-refractivity contribution >= 4 is 11.3 Å². The summed E-state index contributed by atoms with van der Waals surface area (Å²) in [6, 6.07) is 9.39. The maximum absolute atomic E-state index is 12.5. The average Bonchev–Trinajstić information content (AvgIpc) is 3.10. The molecule has 134 valence electrons. The van der Waals surface area contributed by atoms with E-state index in [4.69, 9.17) is 0 Å². The number of nitrogens with one attached hydrogen (secondary N) is 1. The first kappa shape index (κ1) is 16.5. The molecule has 2 N–H and O–H groups in total. The molecule has 0 amide bonds. The number of hydrogen-bond acceptors (Lipinski definition) is 6. The summed E-state index contributed by atoms with van der Waals surface area (Å²) in [5.41, 5.74) is 2.03. The minimum atomic E-state index is -0.496. The maximum Gasteiger partial charge on any atom is 0.269 e. The molecule has 0 radical (unpaired) electrons. The Kier molecular flexibility index (Phi) is 3.88. The number of non-ortho nitro benzene ring substituents is 1. The van der Waals surface area contributed by atoms with Gasteiger partial charge in [0, 0.05) is 42.1 Å². The number of nitrogens with zero attached hydrogens (tertiary/aromatic N) is 4. The first-order valence-electron chi connectivity index (χ1n) is 8.00. The van der Waals surface area contributed by atoms with Gasteiger partial charge in [-0.05, 0) is 11.6 Å². The highest BCUT2D eigenvalue weighted by molar-refractivity contribution is 5.76. The van der Waals surface area contributed by atoms with Gasteiger partial charge in [0.15, 0.2) is 0 Å². The van der Waals surface area contributed by atoms with Crippen LogP contribution >= 0.6 is 0 Å². The fourth-order valence-electron chi connectivity index (χ4n) is 2.87. The first-order valence-corrected chi connectivity index (χ1v) is 8.00. The van der Waals surface area contributed by atoms with Crippen molar-refractivity contribution in [1.82, 2.24) is 19.6 Å². The Labute approximate surface area is 151 Å². The van der Waals surface area contributed by atoms with E-state index in [1.54, 1.807) is 30.6 Å². The van der Waals surface area contributed by atoms with Gasteiger partial charge in [-0.3, -0.25) is 19.9 Å². The van der Waals surface area contributed by atoms with E-state index in [0.29, 0.717) is 16.8 Å². The minimum absolute atomic E-state index is 0.0412. The molecule has 3 heterocycles. The number of nitro benzene ring substituents is 1. The third kappa shape index (κ3) is 2.91. The molecule has 0 atom stereocenters. The van der Waals surface area contributed by atoms with Crippen molar-refractivity contribution < 1.29 is 10.0 Å². The van der Waals surface area contributed by atoms with E-state index in [-0.39, 0.29) is 23.6 Å². The third-order valence-electron chi connectivity index (χ3n) is 4.25. The molecular weight excluding hydrogens is 350 g/mol. The molecule has 0 spiro atoms. The lowest BCUT2D eigenvalue weighted by Gasteiger charge is -2.07. The van der Waals surface area contributed by atoms with Crippen molar-refractivity contribution in [2.45, 2.75) is 6.42 Å². The van der Waals surface area contributed by atoms with Crippen LogP contribution in [-0.4, -0.2) is 29.6 Å². The molecule has 0 saturated carbocycles. The highest BCUT2D eigenvalue weighted by Crippen LogP contribution is 2.26. The van der Waals surface area contributed by atoms with E-state index in [0.717, 1.165) is 5.56 Å². The molecule has 0 bridgehead atoms. The van der Waals surface area contributed by atoms with Crippen LogP contribution in [0.5, 0.6) is 5.88 Å². The van der Waals surface area contributed by atoms with Gasteiger partial charge in [0.05, 0.1) is 16.7 Å². The molecule has 1 aromatic carbocycles. The number of hydrogen-bond donors (Lipinski definition) is 2.